The Morgan fingerprint density at radius 1 is 0.852 bits per heavy atom. The maximum atomic E-state index is 13.8. The van der Waals surface area contributed by atoms with Crippen LogP contribution in [0, 0.1) is 29.1 Å². The van der Waals surface area contributed by atoms with E-state index < -0.39 is 68.8 Å². The number of sulfonamides is 1. The summed E-state index contributed by atoms with van der Waals surface area (Å²) in [5.74, 6) is -12.0. The SMILES string of the molecule is CC(C)(C)OC(=O)N1CCN(S(=O)(=O)c2c(F)c(F)c(F)c(F)c2F)CC1. The van der Waals surface area contributed by atoms with Crippen LogP contribution in [0.25, 0.3) is 0 Å². The quantitative estimate of drug-likeness (QED) is 0.422. The average molecular weight is 416 g/mol. The van der Waals surface area contributed by atoms with E-state index in [1.165, 1.54) is 4.90 Å². The Balaban J connectivity index is 2.25. The van der Waals surface area contributed by atoms with Crippen LogP contribution >= 0.6 is 0 Å². The highest BCUT2D eigenvalue weighted by Gasteiger charge is 2.39. The van der Waals surface area contributed by atoms with E-state index in [9.17, 15) is 35.2 Å². The van der Waals surface area contributed by atoms with E-state index in [2.05, 4.69) is 0 Å². The molecule has 0 radical (unpaired) electrons. The van der Waals surface area contributed by atoms with E-state index >= 15 is 0 Å². The second-order valence-corrected chi connectivity index (χ2v) is 8.65. The fraction of sp³-hybridized carbons (Fsp3) is 0.533. The van der Waals surface area contributed by atoms with Gasteiger partial charge in [-0.1, -0.05) is 0 Å². The zero-order chi connectivity index (χ0) is 20.7. The van der Waals surface area contributed by atoms with Crippen molar-refractivity contribution < 1.29 is 39.9 Å². The lowest BCUT2D eigenvalue weighted by atomic mass is 10.2. The molecule has 1 saturated heterocycles. The monoisotopic (exact) mass is 416 g/mol. The molecular formula is C15H17F5N2O4S. The Morgan fingerprint density at radius 2 is 1.26 bits per heavy atom. The summed E-state index contributed by atoms with van der Waals surface area (Å²) in [6.45, 7) is 3.74. The molecule has 1 fully saturated rings. The van der Waals surface area contributed by atoms with E-state index in [4.69, 9.17) is 4.74 Å². The van der Waals surface area contributed by atoms with Gasteiger partial charge in [-0.15, -0.1) is 0 Å². The summed E-state index contributed by atoms with van der Waals surface area (Å²) >= 11 is 0. The molecule has 1 aromatic carbocycles. The lowest BCUT2D eigenvalue weighted by Crippen LogP contribution is -2.51. The number of amides is 1. The molecule has 0 unspecified atom stereocenters. The Kier molecular flexibility index (Phi) is 5.71. The number of ether oxygens (including phenoxy) is 1. The van der Waals surface area contributed by atoms with Gasteiger partial charge in [0.15, 0.2) is 28.2 Å². The van der Waals surface area contributed by atoms with Crippen LogP contribution in [-0.2, 0) is 14.8 Å². The molecule has 0 aliphatic carbocycles. The molecular weight excluding hydrogens is 399 g/mol. The number of benzene rings is 1. The highest BCUT2D eigenvalue weighted by molar-refractivity contribution is 7.89. The van der Waals surface area contributed by atoms with Crippen LogP contribution in [0.1, 0.15) is 20.8 Å². The van der Waals surface area contributed by atoms with Gasteiger partial charge in [0.2, 0.25) is 15.8 Å². The van der Waals surface area contributed by atoms with Gasteiger partial charge < -0.3 is 9.64 Å². The molecule has 0 bridgehead atoms. The van der Waals surface area contributed by atoms with E-state index in [1.54, 1.807) is 20.8 Å². The number of nitrogens with zero attached hydrogens (tertiary/aromatic N) is 2. The van der Waals surface area contributed by atoms with Gasteiger partial charge in [-0.05, 0) is 20.8 Å². The summed E-state index contributed by atoms with van der Waals surface area (Å²) in [7, 11) is -5.01. The Morgan fingerprint density at radius 3 is 1.67 bits per heavy atom. The van der Waals surface area contributed by atoms with Gasteiger partial charge in [0.25, 0.3) is 0 Å². The number of hydrogen-bond donors (Lipinski definition) is 0. The van der Waals surface area contributed by atoms with Crippen molar-refractivity contribution in [2.75, 3.05) is 26.2 Å². The summed E-state index contributed by atoms with van der Waals surface area (Å²) in [4.78, 5) is 11.2. The Hall–Kier alpha value is -1.95. The van der Waals surface area contributed by atoms with Crippen LogP contribution in [0.5, 0.6) is 0 Å². The van der Waals surface area contributed by atoms with Gasteiger partial charge in [-0.3, -0.25) is 0 Å². The molecule has 152 valence electrons. The van der Waals surface area contributed by atoms with Gasteiger partial charge in [0.05, 0.1) is 0 Å². The standard InChI is InChI=1S/C15H17F5N2O4S/c1-15(2,3)26-14(23)21-4-6-22(7-5-21)27(24,25)13-11(19)9(17)8(16)10(18)12(13)20/h4-7H2,1-3H3. The molecule has 1 aliphatic heterocycles. The van der Waals surface area contributed by atoms with E-state index in [0.717, 1.165) is 0 Å². The molecule has 0 spiro atoms. The molecule has 0 N–H and O–H groups in total. The summed E-state index contributed by atoms with van der Waals surface area (Å²) in [6, 6.07) is 0. The van der Waals surface area contributed by atoms with Crippen molar-refractivity contribution in [2.45, 2.75) is 31.3 Å². The van der Waals surface area contributed by atoms with Crippen LogP contribution in [0.3, 0.4) is 0 Å². The Bertz CT molecular complexity index is 833. The van der Waals surface area contributed by atoms with Gasteiger partial charge in [-0.2, -0.15) is 4.31 Å². The third kappa shape index (κ3) is 4.15. The van der Waals surface area contributed by atoms with Crippen molar-refractivity contribution in [1.82, 2.24) is 9.21 Å². The van der Waals surface area contributed by atoms with E-state index in [0.29, 0.717) is 4.31 Å². The van der Waals surface area contributed by atoms with Crippen LogP contribution in [-0.4, -0.2) is 55.5 Å². The fourth-order valence-electron chi connectivity index (χ4n) is 2.38. The van der Waals surface area contributed by atoms with Crippen molar-refractivity contribution in [1.29, 1.82) is 0 Å². The van der Waals surface area contributed by atoms with Crippen LogP contribution in [0.2, 0.25) is 0 Å². The zero-order valence-electron chi connectivity index (χ0n) is 14.7. The van der Waals surface area contributed by atoms with Crippen molar-refractivity contribution in [2.24, 2.45) is 0 Å². The van der Waals surface area contributed by atoms with Gasteiger partial charge in [0, 0.05) is 26.2 Å². The molecule has 1 aromatic rings. The number of halogens is 5. The average Bonchev–Trinajstić information content (AvgIpc) is 2.57. The van der Waals surface area contributed by atoms with E-state index in [1.807, 2.05) is 0 Å². The van der Waals surface area contributed by atoms with Gasteiger partial charge in [0.1, 0.15) is 5.60 Å². The minimum atomic E-state index is -5.01. The molecule has 1 aliphatic rings. The molecule has 6 nitrogen and oxygen atoms in total. The first kappa shape index (κ1) is 21.4. The maximum Gasteiger partial charge on any atom is 0.410 e. The molecule has 1 heterocycles. The van der Waals surface area contributed by atoms with Crippen molar-refractivity contribution >= 4 is 16.1 Å². The van der Waals surface area contributed by atoms with Crippen molar-refractivity contribution in [3.8, 4) is 0 Å². The number of piperazine rings is 1. The Labute approximate surface area is 152 Å². The number of carbonyl (C=O) groups excluding carboxylic acids is 1. The smallest absolute Gasteiger partial charge is 0.410 e. The normalized spacial score (nSPS) is 16.5. The summed E-state index contributed by atoms with van der Waals surface area (Å²) in [6.07, 6.45) is -0.712. The van der Waals surface area contributed by atoms with Crippen molar-refractivity contribution in [3.05, 3.63) is 29.1 Å². The predicted octanol–water partition coefficient (Wildman–Crippen LogP) is 2.62. The molecule has 1 amide bonds. The van der Waals surface area contributed by atoms with Gasteiger partial charge in [-0.25, -0.2) is 35.2 Å². The summed E-state index contributed by atoms with van der Waals surface area (Å²) in [5, 5.41) is 0. The highest BCUT2D eigenvalue weighted by Crippen LogP contribution is 2.29. The lowest BCUT2D eigenvalue weighted by Gasteiger charge is -2.35. The van der Waals surface area contributed by atoms with Crippen molar-refractivity contribution in [3.63, 3.8) is 0 Å². The first-order chi connectivity index (χ1) is 12.3. The minimum Gasteiger partial charge on any atom is -0.444 e. The van der Waals surface area contributed by atoms with Gasteiger partial charge >= 0.3 is 6.09 Å². The summed E-state index contributed by atoms with van der Waals surface area (Å²) < 4.78 is 97.9. The highest BCUT2D eigenvalue weighted by atomic mass is 32.2. The molecule has 0 aromatic heterocycles. The predicted molar refractivity (Wildman–Crippen MR) is 82.8 cm³/mol. The first-order valence-electron chi connectivity index (χ1n) is 7.77. The molecule has 0 atom stereocenters. The topological polar surface area (TPSA) is 66.9 Å². The number of carbonyl (C=O) groups is 1. The molecule has 2 rings (SSSR count). The first-order valence-corrected chi connectivity index (χ1v) is 9.21. The van der Waals surface area contributed by atoms with Crippen LogP contribution in [0.4, 0.5) is 26.7 Å². The number of rotatable bonds is 2. The second-order valence-electron chi connectivity index (χ2n) is 6.77. The lowest BCUT2D eigenvalue weighted by molar-refractivity contribution is 0.0192. The molecule has 0 saturated carbocycles. The van der Waals surface area contributed by atoms with E-state index in [-0.39, 0.29) is 13.1 Å². The molecule has 27 heavy (non-hydrogen) atoms. The molecule has 12 heteroatoms. The largest absolute Gasteiger partial charge is 0.444 e. The van der Waals surface area contributed by atoms with Crippen LogP contribution < -0.4 is 0 Å². The zero-order valence-corrected chi connectivity index (χ0v) is 15.5. The summed E-state index contributed by atoms with van der Waals surface area (Å²) in [5.41, 5.74) is -0.782. The third-order valence-electron chi connectivity index (χ3n) is 3.66. The van der Waals surface area contributed by atoms with Crippen LogP contribution in [0.15, 0.2) is 4.90 Å². The number of hydrogen-bond acceptors (Lipinski definition) is 4. The third-order valence-corrected chi connectivity index (χ3v) is 5.58. The minimum absolute atomic E-state index is 0.177. The second kappa shape index (κ2) is 7.23. The maximum absolute atomic E-state index is 13.8. The fourth-order valence-corrected chi connectivity index (χ4v) is 3.91.